The van der Waals surface area contributed by atoms with Gasteiger partial charge in [0, 0.05) is 13.1 Å². The first-order valence-electron chi connectivity index (χ1n) is 7.94. The van der Waals surface area contributed by atoms with Crippen LogP contribution in [0.5, 0.6) is 5.75 Å². The number of carboxylic acids is 1. The van der Waals surface area contributed by atoms with Crippen LogP contribution in [0, 0.1) is 11.3 Å². The molecule has 2 fully saturated rings. The van der Waals surface area contributed by atoms with Crippen LogP contribution >= 0.6 is 0 Å². The maximum Gasteiger partial charge on any atom is 0.311 e. The summed E-state index contributed by atoms with van der Waals surface area (Å²) in [5.74, 6) is -0.352. The molecule has 5 nitrogen and oxygen atoms in total. The first kappa shape index (κ1) is 15.6. The lowest BCUT2D eigenvalue weighted by Gasteiger charge is -2.23. The van der Waals surface area contributed by atoms with Crippen LogP contribution in [0.4, 0.5) is 0 Å². The predicted molar refractivity (Wildman–Crippen MR) is 85.4 cm³/mol. The number of benzene rings is 1. The molecule has 1 saturated heterocycles. The monoisotopic (exact) mass is 315 g/mol. The fourth-order valence-corrected chi connectivity index (χ4v) is 3.88. The smallest absolute Gasteiger partial charge is 0.311 e. The Kier molecular flexibility index (Phi) is 4.11. The zero-order valence-electron chi connectivity index (χ0n) is 13.0. The molecule has 2 atom stereocenters. The molecule has 2 aliphatic rings. The number of rotatable bonds is 5. The average Bonchev–Trinajstić information content (AvgIpc) is 3.10. The summed E-state index contributed by atoms with van der Waals surface area (Å²) in [7, 11) is 0. The van der Waals surface area contributed by atoms with E-state index >= 15 is 0 Å². The second-order valence-electron chi connectivity index (χ2n) is 6.33. The molecule has 0 bridgehead atoms. The molecular weight excluding hydrogens is 294 g/mol. The molecule has 1 saturated carbocycles. The van der Waals surface area contributed by atoms with E-state index in [9.17, 15) is 14.7 Å². The van der Waals surface area contributed by atoms with Crippen molar-refractivity contribution < 1.29 is 19.4 Å². The number of carbonyl (C=O) groups excluding carboxylic acids is 1. The molecule has 5 heteroatoms. The van der Waals surface area contributed by atoms with Crippen molar-refractivity contribution in [2.45, 2.75) is 19.3 Å². The van der Waals surface area contributed by atoms with E-state index in [0.29, 0.717) is 37.4 Å². The van der Waals surface area contributed by atoms with E-state index in [-0.39, 0.29) is 11.8 Å². The van der Waals surface area contributed by atoms with Gasteiger partial charge in [0.15, 0.2) is 0 Å². The highest BCUT2D eigenvalue weighted by Gasteiger charge is 2.55. The van der Waals surface area contributed by atoms with Crippen LogP contribution in [0.1, 0.15) is 29.6 Å². The molecule has 1 aromatic carbocycles. The molecule has 23 heavy (non-hydrogen) atoms. The fraction of sp³-hybridized carbons (Fsp3) is 0.444. The van der Waals surface area contributed by atoms with Gasteiger partial charge in [-0.05, 0) is 30.9 Å². The van der Waals surface area contributed by atoms with Gasteiger partial charge < -0.3 is 14.7 Å². The summed E-state index contributed by atoms with van der Waals surface area (Å²) in [4.78, 5) is 26.3. The number of carbonyl (C=O) groups is 2. The Bertz CT molecular complexity index is 642. The number of likely N-dealkylation sites (tertiary alicyclic amines) is 1. The topological polar surface area (TPSA) is 66.8 Å². The lowest BCUT2D eigenvalue weighted by molar-refractivity contribution is -0.149. The van der Waals surface area contributed by atoms with E-state index in [1.807, 2.05) is 6.07 Å². The maximum absolute atomic E-state index is 12.9. The largest absolute Gasteiger partial charge is 0.489 e. The summed E-state index contributed by atoms with van der Waals surface area (Å²) >= 11 is 0. The lowest BCUT2D eigenvalue weighted by Crippen LogP contribution is -2.37. The van der Waals surface area contributed by atoms with Crippen LogP contribution in [0.2, 0.25) is 0 Å². The summed E-state index contributed by atoms with van der Waals surface area (Å²) in [6.07, 6.45) is 4.09. The number of fused-ring (bicyclic) bond motifs is 1. The second-order valence-corrected chi connectivity index (χ2v) is 6.33. The van der Waals surface area contributed by atoms with Crippen LogP contribution in [-0.4, -0.2) is 41.6 Å². The van der Waals surface area contributed by atoms with E-state index < -0.39 is 11.4 Å². The van der Waals surface area contributed by atoms with Crippen molar-refractivity contribution in [3.8, 4) is 5.75 Å². The summed E-state index contributed by atoms with van der Waals surface area (Å²) < 4.78 is 5.55. The minimum Gasteiger partial charge on any atom is -0.489 e. The quantitative estimate of drug-likeness (QED) is 0.848. The Morgan fingerprint density at radius 3 is 2.91 bits per heavy atom. The van der Waals surface area contributed by atoms with Gasteiger partial charge in [0.25, 0.3) is 5.91 Å². The third-order valence-corrected chi connectivity index (χ3v) is 5.06. The number of ether oxygens (including phenoxy) is 1. The fourth-order valence-electron chi connectivity index (χ4n) is 3.88. The Hall–Kier alpha value is -2.30. The number of para-hydroxylation sites is 1. The van der Waals surface area contributed by atoms with Crippen molar-refractivity contribution in [2.75, 3.05) is 19.7 Å². The van der Waals surface area contributed by atoms with Gasteiger partial charge in [-0.1, -0.05) is 31.2 Å². The van der Waals surface area contributed by atoms with E-state index in [0.717, 1.165) is 12.8 Å². The minimum atomic E-state index is -0.772. The van der Waals surface area contributed by atoms with Gasteiger partial charge in [0.1, 0.15) is 12.4 Å². The first-order valence-corrected chi connectivity index (χ1v) is 7.94. The molecule has 1 heterocycles. The molecule has 122 valence electrons. The van der Waals surface area contributed by atoms with Crippen molar-refractivity contribution >= 4 is 11.9 Å². The van der Waals surface area contributed by atoms with Gasteiger partial charge in [-0.2, -0.15) is 0 Å². The SMILES string of the molecule is C=CCOc1ccccc1C(=O)N1C[C@@H]2CCC[C@@]2(C(=O)O)C1. The van der Waals surface area contributed by atoms with E-state index in [1.54, 1.807) is 29.2 Å². The van der Waals surface area contributed by atoms with Gasteiger partial charge in [-0.25, -0.2) is 0 Å². The molecule has 0 radical (unpaired) electrons. The zero-order chi connectivity index (χ0) is 16.4. The highest BCUT2D eigenvalue weighted by molar-refractivity contribution is 5.97. The molecule has 0 spiro atoms. The standard InChI is InChI=1S/C18H21NO4/c1-2-10-23-15-8-4-3-7-14(15)16(20)19-11-13-6-5-9-18(13,12-19)17(21)22/h2-4,7-8,13H,1,5-6,9-12H2,(H,21,22)/t13-,18+/m0/s1. The third kappa shape index (κ3) is 2.60. The van der Waals surface area contributed by atoms with E-state index in [1.165, 1.54) is 0 Å². The number of hydrogen-bond acceptors (Lipinski definition) is 3. The molecule has 1 aliphatic heterocycles. The average molecular weight is 315 g/mol. The van der Waals surface area contributed by atoms with Crippen LogP contribution in [0.3, 0.4) is 0 Å². The van der Waals surface area contributed by atoms with Crippen LogP contribution in [-0.2, 0) is 4.79 Å². The molecule has 1 N–H and O–H groups in total. The molecule has 1 amide bonds. The van der Waals surface area contributed by atoms with Gasteiger partial charge in [-0.3, -0.25) is 9.59 Å². The van der Waals surface area contributed by atoms with Crippen molar-refractivity contribution in [3.63, 3.8) is 0 Å². The second kappa shape index (κ2) is 6.07. The molecule has 0 unspecified atom stereocenters. The summed E-state index contributed by atoms with van der Waals surface area (Å²) in [5.41, 5.74) is -0.276. The number of nitrogens with zero attached hydrogens (tertiary/aromatic N) is 1. The van der Waals surface area contributed by atoms with Crippen molar-refractivity contribution in [3.05, 3.63) is 42.5 Å². The summed E-state index contributed by atoms with van der Waals surface area (Å²) in [6.45, 7) is 4.74. The Balaban J connectivity index is 1.83. The number of hydrogen-bond donors (Lipinski definition) is 1. The van der Waals surface area contributed by atoms with Gasteiger partial charge in [-0.15, -0.1) is 0 Å². The normalized spacial score (nSPS) is 25.9. The number of amides is 1. The van der Waals surface area contributed by atoms with Crippen LogP contribution < -0.4 is 4.74 Å². The van der Waals surface area contributed by atoms with E-state index in [2.05, 4.69) is 6.58 Å². The van der Waals surface area contributed by atoms with Gasteiger partial charge >= 0.3 is 5.97 Å². The molecular formula is C18H21NO4. The van der Waals surface area contributed by atoms with Gasteiger partial charge in [0.05, 0.1) is 11.0 Å². The Morgan fingerprint density at radius 1 is 1.43 bits per heavy atom. The van der Waals surface area contributed by atoms with Crippen LogP contribution in [0.25, 0.3) is 0 Å². The molecule has 1 aromatic rings. The van der Waals surface area contributed by atoms with Gasteiger partial charge in [0.2, 0.25) is 0 Å². The highest BCUT2D eigenvalue weighted by atomic mass is 16.5. The van der Waals surface area contributed by atoms with Crippen LogP contribution in [0.15, 0.2) is 36.9 Å². The lowest BCUT2D eigenvalue weighted by atomic mass is 9.81. The zero-order valence-corrected chi connectivity index (χ0v) is 13.0. The van der Waals surface area contributed by atoms with E-state index in [4.69, 9.17) is 4.74 Å². The number of carboxylic acid groups (broad SMARTS) is 1. The van der Waals surface area contributed by atoms with Crippen molar-refractivity contribution in [2.24, 2.45) is 11.3 Å². The third-order valence-electron chi connectivity index (χ3n) is 5.06. The first-order chi connectivity index (χ1) is 11.1. The number of aliphatic carboxylic acids is 1. The summed E-state index contributed by atoms with van der Waals surface area (Å²) in [5, 5.41) is 9.64. The maximum atomic E-state index is 12.9. The predicted octanol–water partition coefficient (Wildman–Crippen LogP) is 2.58. The summed E-state index contributed by atoms with van der Waals surface area (Å²) in [6, 6.07) is 7.08. The molecule has 1 aliphatic carbocycles. The minimum absolute atomic E-state index is 0.0604. The Morgan fingerprint density at radius 2 is 2.22 bits per heavy atom. The molecule has 0 aromatic heterocycles. The van der Waals surface area contributed by atoms with Crippen molar-refractivity contribution in [1.82, 2.24) is 4.90 Å². The van der Waals surface area contributed by atoms with Crippen molar-refractivity contribution in [1.29, 1.82) is 0 Å². The highest BCUT2D eigenvalue weighted by Crippen LogP contribution is 2.49. The Labute approximate surface area is 135 Å². The molecule has 3 rings (SSSR count).